The Hall–Kier alpha value is -1.17. The van der Waals surface area contributed by atoms with E-state index in [2.05, 4.69) is 58.0 Å². The van der Waals surface area contributed by atoms with Crippen molar-refractivity contribution in [2.45, 2.75) is 75.5 Å². The van der Waals surface area contributed by atoms with E-state index in [1.165, 1.54) is 11.1 Å². The van der Waals surface area contributed by atoms with Gasteiger partial charge in [0.25, 0.3) is 0 Å². The van der Waals surface area contributed by atoms with Crippen LogP contribution in [0.1, 0.15) is 40.0 Å². The lowest BCUT2D eigenvalue weighted by Crippen LogP contribution is -2.63. The smallest absolute Gasteiger partial charge is 0.196 e. The van der Waals surface area contributed by atoms with Crippen molar-refractivity contribution in [1.29, 1.82) is 0 Å². The van der Waals surface area contributed by atoms with Crippen LogP contribution >= 0.6 is 0 Å². The van der Waals surface area contributed by atoms with Crippen LogP contribution in [0.15, 0.2) is 35.1 Å². The van der Waals surface area contributed by atoms with E-state index in [9.17, 15) is 9.90 Å². The van der Waals surface area contributed by atoms with Crippen molar-refractivity contribution < 1.29 is 14.6 Å². The number of hydrogen-bond acceptors (Lipinski definition) is 4. The zero-order valence-corrected chi connectivity index (χ0v) is 19.0. The Bertz CT molecular complexity index is 864. The van der Waals surface area contributed by atoms with Crippen LogP contribution in [0, 0.1) is 11.3 Å². The molecule has 0 aromatic heterocycles. The maximum atomic E-state index is 13.0. The number of nitrogens with zero attached hydrogens (tertiary/aromatic N) is 1. The van der Waals surface area contributed by atoms with E-state index in [1.54, 1.807) is 6.08 Å². The molecule has 1 N–H and O–H groups in total. The fourth-order valence-electron chi connectivity index (χ4n) is 6.50. The molecule has 2 heterocycles. The first-order valence-electron chi connectivity index (χ1n) is 10.7. The highest BCUT2D eigenvalue weighted by Crippen LogP contribution is 2.66. The monoisotopic (exact) mass is 399 g/mol. The summed E-state index contributed by atoms with van der Waals surface area (Å²) in [4.78, 5) is 15.4. The van der Waals surface area contributed by atoms with Crippen molar-refractivity contribution in [3.63, 3.8) is 0 Å². The number of carbonyl (C=O) groups excluding carboxylic acids is 1. The molecule has 28 heavy (non-hydrogen) atoms. The van der Waals surface area contributed by atoms with Gasteiger partial charge in [-0.05, 0) is 49.5 Å². The Labute approximate surface area is 169 Å². The van der Waals surface area contributed by atoms with Crippen LogP contribution < -0.4 is 0 Å². The van der Waals surface area contributed by atoms with Gasteiger partial charge in [0.05, 0.1) is 5.41 Å². The van der Waals surface area contributed by atoms with Gasteiger partial charge in [0.2, 0.25) is 0 Å². The molecule has 3 aliphatic carbocycles. The number of carbonyl (C=O) groups is 1. The Balaban J connectivity index is 1.75. The average Bonchev–Trinajstić information content (AvgIpc) is 2.97. The molecule has 4 nitrogen and oxygen atoms in total. The molecule has 1 spiro atoms. The van der Waals surface area contributed by atoms with Crippen molar-refractivity contribution in [1.82, 2.24) is 4.90 Å². The van der Waals surface area contributed by atoms with Crippen LogP contribution in [0.3, 0.4) is 0 Å². The minimum atomic E-state index is -2.20. The quantitative estimate of drug-likeness (QED) is 0.685. The van der Waals surface area contributed by atoms with E-state index in [0.29, 0.717) is 18.4 Å². The molecule has 0 aromatic carbocycles. The molecule has 4 unspecified atom stereocenters. The molecule has 5 heteroatoms. The topological polar surface area (TPSA) is 49.8 Å². The van der Waals surface area contributed by atoms with Crippen LogP contribution in [0.5, 0.6) is 0 Å². The van der Waals surface area contributed by atoms with Crippen LogP contribution in [0.4, 0.5) is 0 Å². The first-order valence-corrected chi connectivity index (χ1v) is 13.7. The Morgan fingerprint density at radius 3 is 2.71 bits per heavy atom. The lowest BCUT2D eigenvalue weighted by Gasteiger charge is -2.57. The van der Waals surface area contributed by atoms with E-state index in [0.717, 1.165) is 25.1 Å². The van der Waals surface area contributed by atoms with Crippen molar-refractivity contribution in [3.8, 4) is 0 Å². The molecule has 2 bridgehead atoms. The van der Waals surface area contributed by atoms with E-state index in [1.807, 2.05) is 0 Å². The Kier molecular flexibility index (Phi) is 3.56. The molecule has 1 saturated carbocycles. The normalized spacial score (nSPS) is 42.3. The van der Waals surface area contributed by atoms with Gasteiger partial charge in [-0.1, -0.05) is 46.0 Å². The standard InChI is InChI=1S/C23H33NO3Si/c1-21(2,3)28(5,6)23(26)10-9-14-13-16-15-7-8-17(25)19-22(15,11-12-24(16)4)18(14)20(23)27-19/h7-9,15-16,19,26H,10-13H2,1-6H3/t15?,16?,19?,22-,23?/m0/s1. The second-order valence-electron chi connectivity index (χ2n) is 11.2. The summed E-state index contributed by atoms with van der Waals surface area (Å²) in [7, 11) is 0.00575. The molecule has 5 atom stereocenters. The third-order valence-corrected chi connectivity index (χ3v) is 15.5. The molecule has 5 aliphatic rings. The highest BCUT2D eigenvalue weighted by atomic mass is 28.3. The highest BCUT2D eigenvalue weighted by Gasteiger charge is 2.69. The first kappa shape index (κ1) is 18.8. The van der Waals surface area contributed by atoms with Crippen molar-refractivity contribution >= 4 is 13.9 Å². The van der Waals surface area contributed by atoms with Crippen LogP contribution in [-0.2, 0) is 9.53 Å². The van der Waals surface area contributed by atoms with E-state index in [4.69, 9.17) is 4.74 Å². The van der Waals surface area contributed by atoms with E-state index >= 15 is 0 Å². The van der Waals surface area contributed by atoms with Gasteiger partial charge >= 0.3 is 0 Å². The number of piperidine rings is 1. The van der Waals surface area contributed by atoms with Crippen molar-refractivity contribution in [2.75, 3.05) is 13.6 Å². The lowest BCUT2D eigenvalue weighted by molar-refractivity contribution is -0.135. The van der Waals surface area contributed by atoms with Gasteiger partial charge in [0.1, 0.15) is 19.1 Å². The van der Waals surface area contributed by atoms with Gasteiger partial charge in [-0.15, -0.1) is 0 Å². The summed E-state index contributed by atoms with van der Waals surface area (Å²) in [6.45, 7) is 12.3. The van der Waals surface area contributed by atoms with Crippen LogP contribution in [0.2, 0.25) is 18.1 Å². The molecule has 0 amide bonds. The summed E-state index contributed by atoms with van der Waals surface area (Å²) in [5, 5.41) is 11.3. The summed E-state index contributed by atoms with van der Waals surface area (Å²) in [5.41, 5.74) is 2.26. The SMILES string of the molecule is CN1CC[C@]23C4=C5OC2C(=O)C=CC3C1CC4=CCC5(O)[Si](C)(C)C(C)(C)C. The number of ketones is 1. The largest absolute Gasteiger partial charge is 0.483 e. The fraction of sp³-hybridized carbons (Fsp3) is 0.696. The van der Waals surface area contributed by atoms with E-state index in [-0.39, 0.29) is 16.2 Å². The van der Waals surface area contributed by atoms with Gasteiger partial charge in [0.15, 0.2) is 11.9 Å². The van der Waals surface area contributed by atoms with Crippen LogP contribution in [0.25, 0.3) is 0 Å². The molecule has 1 saturated heterocycles. The molecule has 152 valence electrons. The molecule has 5 rings (SSSR count). The third kappa shape index (κ3) is 1.91. The van der Waals surface area contributed by atoms with Gasteiger partial charge in [-0.2, -0.15) is 0 Å². The summed E-state index contributed by atoms with van der Waals surface area (Å²) in [5.74, 6) is 1.14. The van der Waals surface area contributed by atoms with Crippen molar-refractivity contribution in [3.05, 3.63) is 35.1 Å². The number of ether oxygens (including phenoxy) is 1. The molecule has 0 radical (unpaired) electrons. The maximum absolute atomic E-state index is 13.0. The minimum absolute atomic E-state index is 0.0150. The highest BCUT2D eigenvalue weighted by molar-refractivity contribution is 6.83. The van der Waals surface area contributed by atoms with Gasteiger partial charge in [-0.3, -0.25) is 4.79 Å². The van der Waals surface area contributed by atoms with Crippen LogP contribution in [-0.4, -0.2) is 54.8 Å². The number of aliphatic hydroxyl groups is 1. The predicted octanol–water partition coefficient (Wildman–Crippen LogP) is 3.60. The zero-order chi connectivity index (χ0) is 20.3. The minimum Gasteiger partial charge on any atom is -0.483 e. The first-order chi connectivity index (χ1) is 12.9. The molecule has 2 aliphatic heterocycles. The third-order valence-electron chi connectivity index (χ3n) is 9.25. The zero-order valence-electron chi connectivity index (χ0n) is 18.0. The number of likely N-dealkylation sites (tertiary alicyclic amines) is 1. The predicted molar refractivity (Wildman–Crippen MR) is 112 cm³/mol. The second-order valence-corrected chi connectivity index (χ2v) is 16.8. The number of hydrogen-bond donors (Lipinski definition) is 1. The second kappa shape index (κ2) is 5.30. The van der Waals surface area contributed by atoms with Gasteiger partial charge in [-0.25, -0.2) is 0 Å². The Morgan fingerprint density at radius 2 is 2.04 bits per heavy atom. The summed E-state index contributed by atoms with van der Waals surface area (Å²) < 4.78 is 6.58. The lowest BCUT2D eigenvalue weighted by atomic mass is 9.51. The average molecular weight is 400 g/mol. The summed E-state index contributed by atoms with van der Waals surface area (Å²) >= 11 is 0. The molecule has 0 aromatic rings. The van der Waals surface area contributed by atoms with Gasteiger partial charge < -0.3 is 14.7 Å². The fourth-order valence-corrected chi connectivity index (χ4v) is 9.10. The Morgan fingerprint density at radius 1 is 1.32 bits per heavy atom. The summed E-state index contributed by atoms with van der Waals surface area (Å²) in [6.07, 6.45) is 8.26. The molecular formula is C23H33NO3Si. The molecular weight excluding hydrogens is 366 g/mol. The number of rotatable bonds is 1. The van der Waals surface area contributed by atoms with E-state index < -0.39 is 19.4 Å². The summed E-state index contributed by atoms with van der Waals surface area (Å²) in [6, 6.07) is 0.414. The molecule has 2 fully saturated rings. The maximum Gasteiger partial charge on any atom is 0.196 e. The van der Waals surface area contributed by atoms with Gasteiger partial charge in [0, 0.05) is 17.5 Å². The van der Waals surface area contributed by atoms with Crippen molar-refractivity contribution in [2.24, 2.45) is 11.3 Å².